The number of nitrogens with zero attached hydrogens (tertiary/aromatic N) is 2. The van der Waals surface area contributed by atoms with Gasteiger partial charge in [-0.05, 0) is 36.5 Å². The summed E-state index contributed by atoms with van der Waals surface area (Å²) < 4.78 is 1.84. The molecule has 2 aromatic rings. The quantitative estimate of drug-likeness (QED) is 0.878. The Morgan fingerprint density at radius 1 is 1.22 bits per heavy atom. The van der Waals surface area contributed by atoms with E-state index in [1.165, 1.54) is 16.7 Å². The fourth-order valence-corrected chi connectivity index (χ4v) is 2.23. The van der Waals surface area contributed by atoms with Crippen LogP contribution in [0.3, 0.4) is 0 Å². The van der Waals surface area contributed by atoms with E-state index in [1.54, 1.807) is 0 Å². The minimum atomic E-state index is 0.516. The zero-order chi connectivity index (χ0) is 13.4. The van der Waals surface area contributed by atoms with Crippen LogP contribution in [0.15, 0.2) is 18.2 Å². The SMILES string of the molecule is Cc1ccc(C(C)C)cc1-c1c(N)nn(C)c1C. The second kappa shape index (κ2) is 4.48. The summed E-state index contributed by atoms with van der Waals surface area (Å²) in [6.07, 6.45) is 0. The van der Waals surface area contributed by atoms with Gasteiger partial charge < -0.3 is 5.73 Å². The molecule has 3 nitrogen and oxygen atoms in total. The van der Waals surface area contributed by atoms with Crippen LogP contribution < -0.4 is 5.73 Å². The monoisotopic (exact) mass is 243 g/mol. The van der Waals surface area contributed by atoms with Crippen molar-refractivity contribution in [3.8, 4) is 11.1 Å². The molecule has 0 spiro atoms. The van der Waals surface area contributed by atoms with Crippen molar-refractivity contribution in [3.05, 3.63) is 35.0 Å². The van der Waals surface area contributed by atoms with E-state index in [2.05, 4.69) is 51.0 Å². The summed E-state index contributed by atoms with van der Waals surface area (Å²) in [4.78, 5) is 0. The predicted molar refractivity (Wildman–Crippen MR) is 76.6 cm³/mol. The van der Waals surface area contributed by atoms with Gasteiger partial charge in [0.2, 0.25) is 0 Å². The van der Waals surface area contributed by atoms with Gasteiger partial charge in [0.1, 0.15) is 0 Å². The number of rotatable bonds is 2. The lowest BCUT2D eigenvalue weighted by molar-refractivity contribution is 0.744. The van der Waals surface area contributed by atoms with Crippen molar-refractivity contribution in [1.82, 2.24) is 9.78 Å². The van der Waals surface area contributed by atoms with Crippen molar-refractivity contribution in [2.24, 2.45) is 7.05 Å². The maximum absolute atomic E-state index is 6.04. The lowest BCUT2D eigenvalue weighted by Crippen LogP contribution is -1.94. The molecule has 1 aromatic carbocycles. The maximum atomic E-state index is 6.04. The van der Waals surface area contributed by atoms with Crippen LogP contribution in [0, 0.1) is 13.8 Å². The third-order valence-corrected chi connectivity index (χ3v) is 3.56. The number of nitrogens with two attached hydrogens (primary N) is 1. The average Bonchev–Trinajstić information content (AvgIpc) is 2.54. The smallest absolute Gasteiger partial charge is 0.153 e. The van der Waals surface area contributed by atoms with Gasteiger partial charge in [-0.1, -0.05) is 32.0 Å². The van der Waals surface area contributed by atoms with Crippen molar-refractivity contribution in [1.29, 1.82) is 0 Å². The minimum Gasteiger partial charge on any atom is -0.382 e. The van der Waals surface area contributed by atoms with Crippen molar-refractivity contribution >= 4 is 5.82 Å². The molecule has 0 aliphatic carbocycles. The van der Waals surface area contributed by atoms with E-state index in [9.17, 15) is 0 Å². The first kappa shape index (κ1) is 12.7. The summed E-state index contributed by atoms with van der Waals surface area (Å²) in [7, 11) is 1.93. The highest BCUT2D eigenvalue weighted by molar-refractivity contribution is 5.79. The van der Waals surface area contributed by atoms with Crippen molar-refractivity contribution < 1.29 is 0 Å². The first-order chi connectivity index (χ1) is 8.41. The number of aryl methyl sites for hydroxylation is 2. The number of benzene rings is 1. The summed E-state index contributed by atoms with van der Waals surface area (Å²) in [6.45, 7) is 8.58. The normalized spacial score (nSPS) is 11.2. The molecule has 3 heteroatoms. The highest BCUT2D eigenvalue weighted by Crippen LogP contribution is 2.33. The second-order valence-corrected chi connectivity index (χ2v) is 5.20. The predicted octanol–water partition coefficient (Wildman–Crippen LogP) is 3.41. The number of hydrogen-bond donors (Lipinski definition) is 1. The molecule has 1 heterocycles. The van der Waals surface area contributed by atoms with Gasteiger partial charge in [-0.25, -0.2) is 0 Å². The molecule has 2 rings (SSSR count). The summed E-state index contributed by atoms with van der Waals surface area (Å²) in [5.41, 5.74) is 12.0. The number of aromatic nitrogens is 2. The fourth-order valence-electron chi connectivity index (χ4n) is 2.23. The standard InChI is InChI=1S/C15H21N3/c1-9(2)12-7-6-10(3)13(8-12)14-11(4)18(5)17-15(14)16/h6-9H,1-5H3,(H2,16,17). The maximum Gasteiger partial charge on any atom is 0.153 e. The molecule has 0 aliphatic rings. The molecular formula is C15H21N3. The molecule has 0 saturated heterocycles. The number of hydrogen-bond acceptors (Lipinski definition) is 2. The lowest BCUT2D eigenvalue weighted by atomic mass is 9.94. The fraction of sp³-hybridized carbons (Fsp3) is 0.400. The van der Waals surface area contributed by atoms with Gasteiger partial charge in [0.25, 0.3) is 0 Å². The summed E-state index contributed by atoms with van der Waals surface area (Å²) in [6, 6.07) is 6.59. The Balaban J connectivity index is 2.66. The summed E-state index contributed by atoms with van der Waals surface area (Å²) in [5, 5.41) is 4.30. The largest absolute Gasteiger partial charge is 0.382 e. The van der Waals surface area contributed by atoms with Gasteiger partial charge in [0.15, 0.2) is 5.82 Å². The molecule has 2 N–H and O–H groups in total. The molecule has 0 unspecified atom stereocenters. The van der Waals surface area contributed by atoms with Crippen molar-refractivity contribution in [2.45, 2.75) is 33.6 Å². The Morgan fingerprint density at radius 3 is 2.39 bits per heavy atom. The van der Waals surface area contributed by atoms with Gasteiger partial charge in [-0.3, -0.25) is 4.68 Å². The molecule has 96 valence electrons. The van der Waals surface area contributed by atoms with E-state index in [4.69, 9.17) is 5.73 Å². The van der Waals surface area contributed by atoms with Gasteiger partial charge in [0.05, 0.1) is 0 Å². The first-order valence-electron chi connectivity index (χ1n) is 6.31. The molecule has 0 atom stereocenters. The third kappa shape index (κ3) is 2.01. The summed E-state index contributed by atoms with van der Waals surface area (Å²) >= 11 is 0. The second-order valence-electron chi connectivity index (χ2n) is 5.20. The van der Waals surface area contributed by atoms with Crippen molar-refractivity contribution in [3.63, 3.8) is 0 Å². The van der Waals surface area contributed by atoms with Crippen LogP contribution in [0.4, 0.5) is 5.82 Å². The van der Waals surface area contributed by atoms with Gasteiger partial charge >= 0.3 is 0 Å². The highest BCUT2D eigenvalue weighted by atomic mass is 15.3. The van der Waals surface area contributed by atoms with E-state index in [0.29, 0.717) is 11.7 Å². The minimum absolute atomic E-state index is 0.516. The van der Waals surface area contributed by atoms with Crippen LogP contribution in [0.1, 0.15) is 36.6 Å². The molecule has 1 aromatic heterocycles. The number of anilines is 1. The number of nitrogen functional groups attached to an aromatic ring is 1. The molecule has 0 bridgehead atoms. The zero-order valence-electron chi connectivity index (χ0n) is 11.8. The van der Waals surface area contributed by atoms with Gasteiger partial charge in [0, 0.05) is 18.3 Å². The van der Waals surface area contributed by atoms with Gasteiger partial charge in [-0.2, -0.15) is 5.10 Å². The molecule has 0 radical (unpaired) electrons. The molecule has 18 heavy (non-hydrogen) atoms. The van der Waals surface area contributed by atoms with E-state index < -0.39 is 0 Å². The Morgan fingerprint density at radius 2 is 1.89 bits per heavy atom. The third-order valence-electron chi connectivity index (χ3n) is 3.56. The Labute approximate surface area is 109 Å². The molecule has 0 fully saturated rings. The first-order valence-corrected chi connectivity index (χ1v) is 6.31. The van der Waals surface area contributed by atoms with Crippen LogP contribution in [-0.4, -0.2) is 9.78 Å². The molecule has 0 amide bonds. The van der Waals surface area contributed by atoms with Crippen LogP contribution in [0.25, 0.3) is 11.1 Å². The molecule has 0 aliphatic heterocycles. The van der Waals surface area contributed by atoms with E-state index in [0.717, 1.165) is 11.3 Å². The van der Waals surface area contributed by atoms with E-state index in [-0.39, 0.29) is 0 Å². The van der Waals surface area contributed by atoms with E-state index in [1.807, 2.05) is 11.7 Å². The topological polar surface area (TPSA) is 43.8 Å². The van der Waals surface area contributed by atoms with Gasteiger partial charge in [-0.15, -0.1) is 0 Å². The van der Waals surface area contributed by atoms with Crippen LogP contribution >= 0.6 is 0 Å². The lowest BCUT2D eigenvalue weighted by Gasteiger charge is -2.11. The van der Waals surface area contributed by atoms with Crippen LogP contribution in [0.2, 0.25) is 0 Å². The Bertz CT molecular complexity index is 580. The van der Waals surface area contributed by atoms with E-state index >= 15 is 0 Å². The van der Waals surface area contributed by atoms with Crippen molar-refractivity contribution in [2.75, 3.05) is 5.73 Å². The van der Waals surface area contributed by atoms with Crippen LogP contribution in [0.5, 0.6) is 0 Å². The zero-order valence-corrected chi connectivity index (χ0v) is 11.8. The highest BCUT2D eigenvalue weighted by Gasteiger charge is 2.15. The summed E-state index contributed by atoms with van der Waals surface area (Å²) in [5.74, 6) is 1.13. The molecular weight excluding hydrogens is 222 g/mol. The Hall–Kier alpha value is -1.77. The molecule has 0 saturated carbocycles. The average molecular weight is 243 g/mol. The van der Waals surface area contributed by atoms with Crippen LogP contribution in [-0.2, 0) is 7.05 Å². The Kier molecular flexibility index (Phi) is 3.16.